The van der Waals surface area contributed by atoms with Crippen molar-refractivity contribution in [3.63, 3.8) is 0 Å². The number of nitrogens with one attached hydrogen (secondary N) is 3. The summed E-state index contributed by atoms with van der Waals surface area (Å²) in [6, 6.07) is 15.9. The molecule has 198 valence electrons. The van der Waals surface area contributed by atoms with Crippen molar-refractivity contribution in [3.8, 4) is 0 Å². The van der Waals surface area contributed by atoms with Gasteiger partial charge in [0.1, 0.15) is 31.0 Å². The molecule has 0 aliphatic heterocycles. The average molecular weight is 612 g/mol. The molecular formula is C24H15N5Na2O8S2. The normalized spacial score (nSPS) is 12.6. The summed E-state index contributed by atoms with van der Waals surface area (Å²) in [5.41, 5.74) is 5.19. The number of hydrogen-bond acceptors (Lipinski definition) is 12. The van der Waals surface area contributed by atoms with Crippen molar-refractivity contribution >= 4 is 53.4 Å². The van der Waals surface area contributed by atoms with Crippen LogP contribution in [0.1, 0.15) is 0 Å². The molecule has 1 aromatic heterocycles. The number of fused-ring (bicyclic) bond motifs is 3. The standard InChI is InChI=1S/C24H17N5O8S2.2Na/c30-23-19(28-26-13-1-5-15(6-2-13)38(32,33)34)11-9-17-18-10-12-20(24(31)22(18)25-21(17)23)29-27-14-3-7-16(8-4-14)39(35,36)37;;/h1-12,25-27H,(H,32,33,34)(H,35,36,37);;/q;2*+1/p-2/b28-19+,29-20?;;. The second-order valence-corrected chi connectivity index (χ2v) is 11.0. The molecule has 13 nitrogen and oxygen atoms in total. The van der Waals surface area contributed by atoms with Gasteiger partial charge >= 0.3 is 59.1 Å². The summed E-state index contributed by atoms with van der Waals surface area (Å²) >= 11 is 0. The summed E-state index contributed by atoms with van der Waals surface area (Å²) in [6.45, 7) is 0. The van der Waals surface area contributed by atoms with Crippen molar-refractivity contribution < 1.29 is 85.1 Å². The van der Waals surface area contributed by atoms with Gasteiger partial charge in [0.2, 0.25) is 10.9 Å². The Bertz CT molecular complexity index is 2050. The fourth-order valence-electron chi connectivity index (χ4n) is 3.78. The van der Waals surface area contributed by atoms with Crippen molar-refractivity contribution in [2.24, 2.45) is 10.2 Å². The molecule has 17 heteroatoms. The molecule has 41 heavy (non-hydrogen) atoms. The maximum atomic E-state index is 13.0. The summed E-state index contributed by atoms with van der Waals surface area (Å²) in [5.74, 6) is 0. The van der Waals surface area contributed by atoms with Crippen LogP contribution in [0, 0.1) is 0 Å². The minimum absolute atomic E-state index is 0. The first-order chi connectivity index (χ1) is 18.4. The van der Waals surface area contributed by atoms with E-state index in [4.69, 9.17) is 0 Å². The van der Waals surface area contributed by atoms with Gasteiger partial charge in [-0.2, -0.15) is 10.2 Å². The van der Waals surface area contributed by atoms with Crippen LogP contribution in [-0.2, 0) is 20.2 Å². The van der Waals surface area contributed by atoms with Crippen molar-refractivity contribution in [2.75, 3.05) is 10.9 Å². The van der Waals surface area contributed by atoms with E-state index in [2.05, 4.69) is 26.0 Å². The van der Waals surface area contributed by atoms with Crippen LogP contribution in [0.15, 0.2) is 102 Å². The summed E-state index contributed by atoms with van der Waals surface area (Å²) < 4.78 is 66.3. The summed E-state index contributed by atoms with van der Waals surface area (Å²) in [4.78, 5) is 28.1. The van der Waals surface area contributed by atoms with Gasteiger partial charge < -0.3 is 14.1 Å². The first kappa shape index (κ1) is 32.8. The largest absolute Gasteiger partial charge is 1.00 e. The van der Waals surface area contributed by atoms with Crippen molar-refractivity contribution in [2.45, 2.75) is 9.79 Å². The second-order valence-electron chi connectivity index (χ2n) is 8.20. The maximum Gasteiger partial charge on any atom is 1.00 e. The van der Waals surface area contributed by atoms with Crippen LogP contribution >= 0.6 is 0 Å². The molecule has 0 saturated carbocycles. The van der Waals surface area contributed by atoms with Crippen LogP contribution in [0.3, 0.4) is 0 Å². The van der Waals surface area contributed by atoms with Gasteiger partial charge in [-0.1, -0.05) is 0 Å². The van der Waals surface area contributed by atoms with E-state index >= 15 is 0 Å². The Labute approximate surface area is 275 Å². The summed E-state index contributed by atoms with van der Waals surface area (Å²) in [5, 5.41) is 9.08. The van der Waals surface area contributed by atoms with E-state index in [-0.39, 0.29) is 80.9 Å². The number of nitrogens with zero attached hydrogens (tertiary/aromatic N) is 2. The average Bonchev–Trinajstić information content (AvgIpc) is 3.28. The summed E-state index contributed by atoms with van der Waals surface area (Å²) in [7, 11) is -9.18. The zero-order chi connectivity index (χ0) is 27.9. The molecule has 5 aromatic rings. The minimum atomic E-state index is -4.59. The van der Waals surface area contributed by atoms with Gasteiger partial charge in [0.25, 0.3) is 0 Å². The maximum absolute atomic E-state index is 13.0. The zero-order valence-corrected chi connectivity index (χ0v) is 27.0. The fourth-order valence-corrected chi connectivity index (χ4v) is 4.72. The SMILES string of the molecule is O=c1c(=NNc2ccc(S(=O)(=O)[O-])cc2)ccc2c1[nH]c1c(=O)/c(=N/Nc3ccc(S(=O)(=O)[O-])cc3)ccc12.[Na+].[Na+]. The Kier molecular flexibility index (Phi) is 10.1. The minimum Gasteiger partial charge on any atom is -0.744 e. The molecule has 5 rings (SSSR count). The Hall–Kier alpha value is -2.70. The smallest absolute Gasteiger partial charge is 0.744 e. The number of anilines is 2. The Balaban J connectivity index is 0.00000231. The quantitative estimate of drug-likeness (QED) is 0.0942. The van der Waals surface area contributed by atoms with Gasteiger partial charge in [-0.3, -0.25) is 20.4 Å². The molecule has 0 unspecified atom stereocenters. The summed E-state index contributed by atoms with van der Waals surface area (Å²) in [6.07, 6.45) is 0. The number of aromatic amines is 1. The van der Waals surface area contributed by atoms with E-state index in [1.165, 1.54) is 36.4 Å². The van der Waals surface area contributed by atoms with Gasteiger partial charge in [0.05, 0.1) is 32.2 Å². The van der Waals surface area contributed by atoms with Crippen molar-refractivity contribution in [1.82, 2.24) is 4.98 Å². The molecule has 0 fully saturated rings. The van der Waals surface area contributed by atoms with E-state index in [0.717, 1.165) is 24.3 Å². The molecule has 3 N–H and O–H groups in total. The van der Waals surface area contributed by atoms with Crippen molar-refractivity contribution in [1.29, 1.82) is 0 Å². The third-order valence-electron chi connectivity index (χ3n) is 5.71. The Morgan fingerprint density at radius 3 is 1.22 bits per heavy atom. The molecular weight excluding hydrogens is 596 g/mol. The molecule has 1 heterocycles. The van der Waals surface area contributed by atoms with Crippen LogP contribution in [0.4, 0.5) is 11.4 Å². The predicted molar refractivity (Wildman–Crippen MR) is 138 cm³/mol. The van der Waals surface area contributed by atoms with Gasteiger partial charge in [-0.25, -0.2) is 16.8 Å². The molecule has 4 aromatic carbocycles. The molecule has 0 aliphatic carbocycles. The van der Waals surface area contributed by atoms with Gasteiger partial charge in [0.15, 0.2) is 0 Å². The van der Waals surface area contributed by atoms with Crippen molar-refractivity contribution in [3.05, 3.63) is 104 Å². The van der Waals surface area contributed by atoms with Gasteiger partial charge in [-0.05, 0) is 72.8 Å². The topological polar surface area (TPSA) is 213 Å². The molecule has 0 aliphatic rings. The first-order valence-corrected chi connectivity index (χ1v) is 13.7. The van der Waals surface area contributed by atoms with Crippen LogP contribution in [0.5, 0.6) is 0 Å². The van der Waals surface area contributed by atoms with E-state index < -0.39 is 40.9 Å². The van der Waals surface area contributed by atoms with E-state index in [9.17, 15) is 35.5 Å². The second kappa shape index (κ2) is 12.7. The third-order valence-corrected chi connectivity index (χ3v) is 7.41. The molecule has 0 atom stereocenters. The number of aromatic nitrogens is 1. The molecule has 0 radical (unpaired) electrons. The van der Waals surface area contributed by atoms with Gasteiger partial charge in [-0.15, -0.1) is 0 Å². The number of rotatable bonds is 6. The number of H-pyrrole nitrogens is 1. The van der Waals surface area contributed by atoms with Gasteiger partial charge in [0, 0.05) is 10.8 Å². The molecule has 0 spiro atoms. The Morgan fingerprint density at radius 1 is 0.561 bits per heavy atom. The zero-order valence-electron chi connectivity index (χ0n) is 21.4. The molecule has 0 amide bonds. The van der Waals surface area contributed by atoms with E-state index in [0.29, 0.717) is 22.1 Å². The fraction of sp³-hybridized carbons (Fsp3) is 0. The van der Waals surface area contributed by atoms with Crippen LogP contribution in [0.25, 0.3) is 21.8 Å². The van der Waals surface area contributed by atoms with E-state index in [1.54, 1.807) is 12.1 Å². The molecule has 0 saturated heterocycles. The van der Waals surface area contributed by atoms with E-state index in [1.807, 2.05) is 0 Å². The number of hydrogen-bond donors (Lipinski definition) is 3. The molecule has 0 bridgehead atoms. The van der Waals surface area contributed by atoms with Crippen LogP contribution in [-0.4, -0.2) is 30.9 Å². The predicted octanol–water partition coefficient (Wildman–Crippen LogP) is -5.41. The first-order valence-electron chi connectivity index (χ1n) is 10.9. The third kappa shape index (κ3) is 7.03. The monoisotopic (exact) mass is 611 g/mol. The van der Waals surface area contributed by atoms with Crippen LogP contribution in [0.2, 0.25) is 0 Å². The Morgan fingerprint density at radius 2 is 0.902 bits per heavy atom. The number of benzene rings is 4. The van der Waals surface area contributed by atoms with Crippen LogP contribution < -0.4 is 91.5 Å².